The Labute approximate surface area is 111 Å². The van der Waals surface area contributed by atoms with Crippen molar-refractivity contribution >= 4 is 11.8 Å². The fourth-order valence-corrected chi connectivity index (χ4v) is 2.17. The van der Waals surface area contributed by atoms with E-state index in [1.54, 1.807) is 17.0 Å². The minimum Gasteiger partial charge on any atom is -0.348 e. The lowest BCUT2D eigenvalue weighted by molar-refractivity contribution is -0.133. The van der Waals surface area contributed by atoms with Gasteiger partial charge in [0.15, 0.2) is 0 Å². The summed E-state index contributed by atoms with van der Waals surface area (Å²) in [6.45, 7) is 2.58. The minimum atomic E-state index is -0.301. The van der Waals surface area contributed by atoms with E-state index in [-0.39, 0.29) is 30.2 Å². The van der Waals surface area contributed by atoms with Gasteiger partial charge in [-0.2, -0.15) is 0 Å². The second kappa shape index (κ2) is 5.82. The Morgan fingerprint density at radius 1 is 1.42 bits per heavy atom. The van der Waals surface area contributed by atoms with E-state index in [1.165, 1.54) is 12.1 Å². The maximum absolute atomic E-state index is 12.8. The first kappa shape index (κ1) is 13.5. The molecule has 102 valence electrons. The number of rotatable bonds is 4. The van der Waals surface area contributed by atoms with Crippen LogP contribution < -0.4 is 5.32 Å². The van der Waals surface area contributed by atoms with Gasteiger partial charge < -0.3 is 10.2 Å². The van der Waals surface area contributed by atoms with Crippen molar-refractivity contribution in [3.8, 4) is 0 Å². The number of likely N-dealkylation sites (tertiary alicyclic amines) is 1. The van der Waals surface area contributed by atoms with E-state index in [0.29, 0.717) is 13.0 Å². The van der Waals surface area contributed by atoms with Crippen LogP contribution in [0.2, 0.25) is 0 Å². The molecule has 19 heavy (non-hydrogen) atoms. The highest BCUT2D eigenvalue weighted by molar-refractivity contribution is 5.86. The van der Waals surface area contributed by atoms with Crippen LogP contribution in [-0.2, 0) is 9.59 Å². The van der Waals surface area contributed by atoms with Gasteiger partial charge in [-0.05, 0) is 31.0 Å². The Morgan fingerprint density at radius 2 is 2.11 bits per heavy atom. The molecule has 5 heteroatoms. The van der Waals surface area contributed by atoms with Gasteiger partial charge in [0, 0.05) is 13.0 Å². The summed E-state index contributed by atoms with van der Waals surface area (Å²) in [6, 6.07) is 5.80. The van der Waals surface area contributed by atoms with Crippen LogP contribution in [0.4, 0.5) is 4.39 Å². The van der Waals surface area contributed by atoms with Crippen molar-refractivity contribution in [2.75, 3.05) is 13.1 Å². The second-order valence-corrected chi connectivity index (χ2v) is 4.76. The number of halogens is 1. The van der Waals surface area contributed by atoms with Crippen molar-refractivity contribution < 1.29 is 14.0 Å². The third-order valence-corrected chi connectivity index (χ3v) is 3.25. The molecule has 0 bridgehead atoms. The van der Waals surface area contributed by atoms with Gasteiger partial charge in [-0.15, -0.1) is 0 Å². The zero-order valence-electron chi connectivity index (χ0n) is 10.9. The molecule has 1 atom stereocenters. The van der Waals surface area contributed by atoms with E-state index >= 15 is 0 Å². The van der Waals surface area contributed by atoms with Crippen molar-refractivity contribution in [1.82, 2.24) is 10.2 Å². The van der Waals surface area contributed by atoms with Crippen LogP contribution in [0.5, 0.6) is 0 Å². The lowest BCUT2D eigenvalue weighted by Crippen LogP contribution is -2.38. The summed E-state index contributed by atoms with van der Waals surface area (Å²) < 4.78 is 12.8. The van der Waals surface area contributed by atoms with Gasteiger partial charge in [-0.3, -0.25) is 9.59 Å². The zero-order valence-corrected chi connectivity index (χ0v) is 10.9. The third kappa shape index (κ3) is 3.53. The number of amides is 2. The summed E-state index contributed by atoms with van der Waals surface area (Å²) in [5.41, 5.74) is 0.836. The smallest absolute Gasteiger partial charge is 0.240 e. The van der Waals surface area contributed by atoms with E-state index in [1.807, 2.05) is 6.92 Å². The van der Waals surface area contributed by atoms with Gasteiger partial charge in [0.1, 0.15) is 5.82 Å². The van der Waals surface area contributed by atoms with E-state index in [4.69, 9.17) is 0 Å². The van der Waals surface area contributed by atoms with Gasteiger partial charge in [-0.1, -0.05) is 12.1 Å². The summed E-state index contributed by atoms with van der Waals surface area (Å²) in [7, 11) is 0. The van der Waals surface area contributed by atoms with Crippen molar-refractivity contribution in [3.63, 3.8) is 0 Å². The first-order valence-corrected chi connectivity index (χ1v) is 6.39. The fraction of sp³-hybridized carbons (Fsp3) is 0.429. The molecule has 0 spiro atoms. The van der Waals surface area contributed by atoms with Crippen LogP contribution in [0.1, 0.15) is 31.4 Å². The molecule has 0 saturated carbocycles. The van der Waals surface area contributed by atoms with Crippen LogP contribution in [0.3, 0.4) is 0 Å². The van der Waals surface area contributed by atoms with Gasteiger partial charge in [-0.25, -0.2) is 4.39 Å². The number of benzene rings is 1. The molecule has 0 aromatic heterocycles. The maximum atomic E-state index is 12.8. The highest BCUT2D eigenvalue weighted by atomic mass is 19.1. The second-order valence-electron chi connectivity index (χ2n) is 4.76. The highest BCUT2D eigenvalue weighted by Crippen LogP contribution is 2.13. The largest absolute Gasteiger partial charge is 0.348 e. The van der Waals surface area contributed by atoms with Crippen LogP contribution >= 0.6 is 0 Å². The maximum Gasteiger partial charge on any atom is 0.240 e. The average molecular weight is 264 g/mol. The fourth-order valence-electron chi connectivity index (χ4n) is 2.17. The molecule has 1 aliphatic rings. The molecule has 1 saturated heterocycles. The molecule has 4 nitrogen and oxygen atoms in total. The lowest BCUT2D eigenvalue weighted by atomic mass is 10.1. The monoisotopic (exact) mass is 264 g/mol. The Kier molecular flexibility index (Phi) is 4.14. The molecular formula is C14H17FN2O2. The first-order valence-electron chi connectivity index (χ1n) is 6.39. The van der Waals surface area contributed by atoms with E-state index in [0.717, 1.165) is 12.0 Å². The molecule has 1 heterocycles. The normalized spacial score (nSPS) is 16.5. The SMILES string of the molecule is C[C@@H](NC(=O)CN1CCCC1=O)c1ccc(F)cc1. The van der Waals surface area contributed by atoms with Gasteiger partial charge in [0.25, 0.3) is 0 Å². The molecule has 1 aromatic carbocycles. The molecule has 1 fully saturated rings. The summed E-state index contributed by atoms with van der Waals surface area (Å²) >= 11 is 0. The third-order valence-electron chi connectivity index (χ3n) is 3.25. The number of carbonyl (C=O) groups excluding carboxylic acids is 2. The predicted molar refractivity (Wildman–Crippen MR) is 68.8 cm³/mol. The Balaban J connectivity index is 1.87. The molecule has 2 rings (SSSR count). The molecule has 2 amide bonds. The quantitative estimate of drug-likeness (QED) is 0.898. The summed E-state index contributed by atoms with van der Waals surface area (Å²) in [6.07, 6.45) is 1.35. The van der Waals surface area contributed by atoms with Gasteiger partial charge in [0.2, 0.25) is 11.8 Å². The average Bonchev–Trinajstić information content (AvgIpc) is 2.75. The number of hydrogen-bond donors (Lipinski definition) is 1. The van der Waals surface area contributed by atoms with Crippen molar-refractivity contribution in [3.05, 3.63) is 35.6 Å². The molecule has 0 aliphatic carbocycles. The van der Waals surface area contributed by atoms with E-state index < -0.39 is 0 Å². The number of nitrogens with one attached hydrogen (secondary N) is 1. The summed E-state index contributed by atoms with van der Waals surface area (Å²) in [4.78, 5) is 24.8. The van der Waals surface area contributed by atoms with Crippen molar-refractivity contribution in [2.24, 2.45) is 0 Å². The minimum absolute atomic E-state index is 0.0320. The molecule has 1 aliphatic heterocycles. The van der Waals surface area contributed by atoms with Gasteiger partial charge in [0.05, 0.1) is 12.6 Å². The standard InChI is InChI=1S/C14H17FN2O2/c1-10(11-4-6-12(15)7-5-11)16-13(18)9-17-8-2-3-14(17)19/h4-7,10H,2-3,8-9H2,1H3,(H,16,18)/t10-/m1/s1. The first-order chi connectivity index (χ1) is 9.06. The predicted octanol–water partition coefficient (Wildman–Crippen LogP) is 1.63. The topological polar surface area (TPSA) is 49.4 Å². The Bertz CT molecular complexity index is 473. The Hall–Kier alpha value is -1.91. The number of nitrogens with zero attached hydrogens (tertiary/aromatic N) is 1. The summed E-state index contributed by atoms with van der Waals surface area (Å²) in [5, 5.41) is 2.81. The van der Waals surface area contributed by atoms with Crippen molar-refractivity contribution in [1.29, 1.82) is 0 Å². The number of hydrogen-bond acceptors (Lipinski definition) is 2. The van der Waals surface area contributed by atoms with E-state index in [2.05, 4.69) is 5.32 Å². The van der Waals surface area contributed by atoms with Crippen LogP contribution in [-0.4, -0.2) is 29.8 Å². The molecule has 1 aromatic rings. The van der Waals surface area contributed by atoms with E-state index in [9.17, 15) is 14.0 Å². The molecule has 0 radical (unpaired) electrons. The zero-order chi connectivity index (χ0) is 13.8. The summed E-state index contributed by atoms with van der Waals surface area (Å²) in [5.74, 6) is -0.457. The van der Waals surface area contributed by atoms with Crippen LogP contribution in [0.15, 0.2) is 24.3 Å². The van der Waals surface area contributed by atoms with Crippen LogP contribution in [0, 0.1) is 5.82 Å². The van der Waals surface area contributed by atoms with Crippen molar-refractivity contribution in [2.45, 2.75) is 25.8 Å². The van der Waals surface area contributed by atoms with Gasteiger partial charge >= 0.3 is 0 Å². The Morgan fingerprint density at radius 3 is 2.68 bits per heavy atom. The highest BCUT2D eigenvalue weighted by Gasteiger charge is 2.22. The molecule has 1 N–H and O–H groups in total. The van der Waals surface area contributed by atoms with Crippen LogP contribution in [0.25, 0.3) is 0 Å². The molecular weight excluding hydrogens is 247 g/mol. The molecule has 0 unspecified atom stereocenters. The lowest BCUT2D eigenvalue weighted by Gasteiger charge is -2.18. The number of carbonyl (C=O) groups is 2.